The van der Waals surface area contributed by atoms with Crippen LogP contribution < -0.4 is 0 Å². The summed E-state index contributed by atoms with van der Waals surface area (Å²) in [6, 6.07) is 0. The number of aromatic nitrogens is 2. The van der Waals surface area contributed by atoms with Crippen molar-refractivity contribution in [2.75, 3.05) is 0 Å². The van der Waals surface area contributed by atoms with E-state index >= 15 is 0 Å². The molecule has 1 atom stereocenters. The summed E-state index contributed by atoms with van der Waals surface area (Å²) in [5, 5.41) is 9.67. The lowest BCUT2D eigenvalue weighted by Gasteiger charge is -2.06. The number of rotatable bonds is 3. The molecule has 0 aromatic carbocycles. The Bertz CT molecular complexity index is 335. The Kier molecular flexibility index (Phi) is 4.09. The quantitative estimate of drug-likeness (QED) is 0.737. The first-order chi connectivity index (χ1) is 6.74. The minimum Gasteiger partial charge on any atom is -0.387 e. The van der Waals surface area contributed by atoms with Gasteiger partial charge in [-0.1, -0.05) is 0 Å². The smallest absolute Gasteiger partial charge is 0.0984 e. The molecule has 0 fully saturated rings. The summed E-state index contributed by atoms with van der Waals surface area (Å²) in [5.41, 5.74) is 1.47. The van der Waals surface area contributed by atoms with E-state index in [0.717, 1.165) is 5.69 Å². The second-order valence-corrected chi connectivity index (χ2v) is 3.06. The Balaban J connectivity index is 2.54. The Morgan fingerprint density at radius 3 is 2.79 bits per heavy atom. The SMILES string of the molecule is CC#CCCC(O)c1cnc(C)cn1. The van der Waals surface area contributed by atoms with Gasteiger partial charge in [-0.15, -0.1) is 11.8 Å². The van der Waals surface area contributed by atoms with E-state index in [-0.39, 0.29) is 0 Å². The highest BCUT2D eigenvalue weighted by Gasteiger charge is 2.07. The summed E-state index contributed by atoms with van der Waals surface area (Å²) in [6.07, 6.45) is 4.01. The molecule has 74 valence electrons. The van der Waals surface area contributed by atoms with Gasteiger partial charge in [0, 0.05) is 12.6 Å². The van der Waals surface area contributed by atoms with Crippen LogP contribution in [0.2, 0.25) is 0 Å². The molecule has 0 spiro atoms. The van der Waals surface area contributed by atoms with Gasteiger partial charge in [0.25, 0.3) is 0 Å². The average molecular weight is 190 g/mol. The van der Waals surface area contributed by atoms with Crippen molar-refractivity contribution >= 4 is 0 Å². The summed E-state index contributed by atoms with van der Waals surface area (Å²) in [5.74, 6) is 5.69. The van der Waals surface area contributed by atoms with Crippen LogP contribution in [0.5, 0.6) is 0 Å². The maximum atomic E-state index is 9.67. The third-order valence-electron chi connectivity index (χ3n) is 1.86. The zero-order valence-electron chi connectivity index (χ0n) is 8.49. The summed E-state index contributed by atoms with van der Waals surface area (Å²) in [4.78, 5) is 8.17. The fraction of sp³-hybridized carbons (Fsp3) is 0.455. The fourth-order valence-corrected chi connectivity index (χ4v) is 1.06. The highest BCUT2D eigenvalue weighted by Crippen LogP contribution is 2.14. The van der Waals surface area contributed by atoms with Gasteiger partial charge in [-0.2, -0.15) is 0 Å². The number of nitrogens with zero attached hydrogens (tertiary/aromatic N) is 2. The van der Waals surface area contributed by atoms with Gasteiger partial charge in [-0.05, 0) is 20.3 Å². The van der Waals surface area contributed by atoms with E-state index < -0.39 is 6.10 Å². The first kappa shape index (κ1) is 10.7. The lowest BCUT2D eigenvalue weighted by molar-refractivity contribution is 0.164. The topological polar surface area (TPSA) is 46.0 Å². The minimum atomic E-state index is -0.552. The number of aryl methyl sites for hydroxylation is 1. The van der Waals surface area contributed by atoms with Crippen molar-refractivity contribution in [1.82, 2.24) is 9.97 Å². The molecule has 1 N–H and O–H groups in total. The van der Waals surface area contributed by atoms with Gasteiger partial charge < -0.3 is 5.11 Å². The first-order valence-corrected chi connectivity index (χ1v) is 4.60. The molecule has 0 saturated heterocycles. The number of hydrogen-bond donors (Lipinski definition) is 1. The van der Waals surface area contributed by atoms with Gasteiger partial charge in [0.05, 0.1) is 23.7 Å². The first-order valence-electron chi connectivity index (χ1n) is 4.60. The maximum Gasteiger partial charge on any atom is 0.0984 e. The zero-order valence-corrected chi connectivity index (χ0v) is 8.49. The van der Waals surface area contributed by atoms with Crippen molar-refractivity contribution in [1.29, 1.82) is 0 Å². The number of aliphatic hydroxyl groups excluding tert-OH is 1. The highest BCUT2D eigenvalue weighted by molar-refractivity contribution is 5.04. The van der Waals surface area contributed by atoms with Gasteiger partial charge in [-0.3, -0.25) is 9.97 Å². The van der Waals surface area contributed by atoms with E-state index in [0.29, 0.717) is 18.5 Å². The molecule has 0 amide bonds. The lowest BCUT2D eigenvalue weighted by Crippen LogP contribution is -2.01. The molecule has 0 aliphatic heterocycles. The summed E-state index contributed by atoms with van der Waals surface area (Å²) >= 11 is 0. The van der Waals surface area contributed by atoms with Crippen molar-refractivity contribution in [2.24, 2.45) is 0 Å². The summed E-state index contributed by atoms with van der Waals surface area (Å²) in [7, 11) is 0. The van der Waals surface area contributed by atoms with Crippen LogP contribution in [0.4, 0.5) is 0 Å². The maximum absolute atomic E-state index is 9.67. The molecule has 3 nitrogen and oxygen atoms in total. The van der Waals surface area contributed by atoms with Gasteiger partial charge >= 0.3 is 0 Å². The number of aliphatic hydroxyl groups is 1. The van der Waals surface area contributed by atoms with Crippen LogP contribution in [-0.4, -0.2) is 15.1 Å². The Hall–Kier alpha value is -1.40. The fourth-order valence-electron chi connectivity index (χ4n) is 1.06. The third kappa shape index (κ3) is 3.15. The van der Waals surface area contributed by atoms with Crippen molar-refractivity contribution < 1.29 is 5.11 Å². The molecule has 0 aliphatic rings. The van der Waals surface area contributed by atoms with Gasteiger partial charge in [0.2, 0.25) is 0 Å². The Morgan fingerprint density at radius 1 is 1.43 bits per heavy atom. The van der Waals surface area contributed by atoms with Crippen LogP contribution in [0, 0.1) is 18.8 Å². The van der Waals surface area contributed by atoms with E-state index in [1.807, 2.05) is 6.92 Å². The molecule has 1 unspecified atom stereocenters. The third-order valence-corrected chi connectivity index (χ3v) is 1.86. The van der Waals surface area contributed by atoms with E-state index in [4.69, 9.17) is 0 Å². The molecule has 0 aliphatic carbocycles. The molecule has 0 bridgehead atoms. The molecular weight excluding hydrogens is 176 g/mol. The normalized spacial score (nSPS) is 11.6. The summed E-state index contributed by atoms with van der Waals surface area (Å²) < 4.78 is 0. The van der Waals surface area contributed by atoms with Crippen LogP contribution in [-0.2, 0) is 0 Å². The summed E-state index contributed by atoms with van der Waals surface area (Å²) in [6.45, 7) is 3.66. The molecule has 3 heteroatoms. The molecule has 1 heterocycles. The van der Waals surface area contributed by atoms with E-state index in [1.54, 1.807) is 19.3 Å². The van der Waals surface area contributed by atoms with Crippen LogP contribution in [0.3, 0.4) is 0 Å². The largest absolute Gasteiger partial charge is 0.387 e. The molecular formula is C11H14N2O. The van der Waals surface area contributed by atoms with E-state index in [1.165, 1.54) is 0 Å². The molecule has 1 aromatic rings. The molecule has 1 aromatic heterocycles. The van der Waals surface area contributed by atoms with E-state index in [2.05, 4.69) is 21.8 Å². The van der Waals surface area contributed by atoms with Gasteiger partial charge in [-0.25, -0.2) is 0 Å². The minimum absolute atomic E-state index is 0.552. The van der Waals surface area contributed by atoms with Gasteiger partial charge in [0.1, 0.15) is 0 Å². The van der Waals surface area contributed by atoms with Crippen LogP contribution in [0.15, 0.2) is 12.4 Å². The zero-order chi connectivity index (χ0) is 10.4. The predicted octanol–water partition coefficient (Wildman–Crippen LogP) is 1.62. The highest BCUT2D eigenvalue weighted by atomic mass is 16.3. The lowest BCUT2D eigenvalue weighted by atomic mass is 10.1. The Morgan fingerprint density at radius 2 is 2.21 bits per heavy atom. The average Bonchev–Trinajstić information content (AvgIpc) is 2.19. The second-order valence-electron chi connectivity index (χ2n) is 3.06. The van der Waals surface area contributed by atoms with Crippen LogP contribution in [0.25, 0.3) is 0 Å². The molecule has 0 saturated carbocycles. The van der Waals surface area contributed by atoms with Crippen molar-refractivity contribution in [3.8, 4) is 11.8 Å². The standard InChI is InChI=1S/C11H14N2O/c1-3-4-5-6-11(14)10-8-12-9(2)7-13-10/h7-8,11,14H,5-6H2,1-2H3. The number of hydrogen-bond acceptors (Lipinski definition) is 3. The second kappa shape index (κ2) is 5.36. The monoisotopic (exact) mass is 190 g/mol. The van der Waals surface area contributed by atoms with Crippen molar-refractivity contribution in [3.05, 3.63) is 23.8 Å². The predicted molar refractivity (Wildman–Crippen MR) is 54.4 cm³/mol. The van der Waals surface area contributed by atoms with E-state index in [9.17, 15) is 5.11 Å². The van der Waals surface area contributed by atoms with Crippen LogP contribution >= 0.6 is 0 Å². The van der Waals surface area contributed by atoms with Crippen molar-refractivity contribution in [3.63, 3.8) is 0 Å². The molecule has 14 heavy (non-hydrogen) atoms. The van der Waals surface area contributed by atoms with Crippen molar-refractivity contribution in [2.45, 2.75) is 32.8 Å². The van der Waals surface area contributed by atoms with Gasteiger partial charge in [0.15, 0.2) is 0 Å². The Labute approximate surface area is 84.2 Å². The van der Waals surface area contributed by atoms with Crippen LogP contribution in [0.1, 0.15) is 37.3 Å². The molecule has 0 radical (unpaired) electrons. The molecule has 1 rings (SSSR count).